The summed E-state index contributed by atoms with van der Waals surface area (Å²) in [4.78, 5) is 4.67. The Morgan fingerprint density at radius 2 is 2.19 bits per heavy atom. The van der Waals surface area contributed by atoms with Crippen molar-refractivity contribution in [2.24, 2.45) is 0 Å². The number of halogens is 1. The van der Waals surface area contributed by atoms with Crippen molar-refractivity contribution in [3.05, 3.63) is 34.1 Å². The van der Waals surface area contributed by atoms with Crippen LogP contribution in [-0.4, -0.2) is 16.2 Å². The fourth-order valence-electron chi connectivity index (χ4n) is 2.57. The summed E-state index contributed by atoms with van der Waals surface area (Å²) in [5.74, 6) is 0. The van der Waals surface area contributed by atoms with Crippen LogP contribution in [0.1, 0.15) is 36.2 Å². The molecule has 2 aliphatic carbocycles. The van der Waals surface area contributed by atoms with Gasteiger partial charge in [-0.1, -0.05) is 17.7 Å². The third kappa shape index (κ3) is 1.66. The minimum Gasteiger partial charge on any atom is -0.389 e. The van der Waals surface area contributed by atoms with Crippen molar-refractivity contribution in [3.63, 3.8) is 0 Å². The molecule has 0 aromatic carbocycles. The normalized spacial score (nSPS) is 23.4. The summed E-state index contributed by atoms with van der Waals surface area (Å²) in [6.07, 6.45) is 6.58. The number of pyridine rings is 1. The number of allylic oxidation sites excluding steroid dienone is 1. The van der Waals surface area contributed by atoms with E-state index in [1.54, 1.807) is 0 Å². The lowest BCUT2D eigenvalue weighted by molar-refractivity contribution is 0.223. The SMILES string of the molecule is OC1C=C(c2cc(Cl)c3c(n2)CCC3)CC1. The van der Waals surface area contributed by atoms with Gasteiger partial charge < -0.3 is 5.11 Å². The van der Waals surface area contributed by atoms with E-state index in [1.807, 2.05) is 12.1 Å². The number of aliphatic hydroxyl groups excluding tert-OH is 1. The van der Waals surface area contributed by atoms with Crippen molar-refractivity contribution in [3.8, 4) is 0 Å². The topological polar surface area (TPSA) is 33.1 Å². The van der Waals surface area contributed by atoms with Crippen LogP contribution in [0.3, 0.4) is 0 Å². The Morgan fingerprint density at radius 1 is 1.31 bits per heavy atom. The zero-order chi connectivity index (χ0) is 11.1. The molecule has 0 aliphatic heterocycles. The van der Waals surface area contributed by atoms with Gasteiger partial charge in [-0.25, -0.2) is 0 Å². The van der Waals surface area contributed by atoms with E-state index in [0.29, 0.717) is 0 Å². The Hall–Kier alpha value is -0.860. The molecule has 1 aromatic rings. The first-order chi connectivity index (χ1) is 7.74. The number of hydrogen-bond acceptors (Lipinski definition) is 2. The molecule has 1 unspecified atom stereocenters. The van der Waals surface area contributed by atoms with Gasteiger partial charge in [0.05, 0.1) is 11.8 Å². The maximum atomic E-state index is 9.49. The number of fused-ring (bicyclic) bond motifs is 1. The number of nitrogens with zero attached hydrogens (tertiary/aromatic N) is 1. The Bertz CT molecular complexity index is 467. The lowest BCUT2D eigenvalue weighted by atomic mass is 10.1. The van der Waals surface area contributed by atoms with E-state index < -0.39 is 0 Å². The van der Waals surface area contributed by atoms with Gasteiger partial charge in [-0.3, -0.25) is 4.98 Å². The highest BCUT2D eigenvalue weighted by atomic mass is 35.5. The van der Waals surface area contributed by atoms with Crippen molar-refractivity contribution >= 4 is 17.2 Å². The molecule has 16 heavy (non-hydrogen) atoms. The molecule has 84 valence electrons. The molecule has 0 saturated heterocycles. The van der Waals surface area contributed by atoms with E-state index >= 15 is 0 Å². The van der Waals surface area contributed by atoms with Gasteiger partial charge in [0, 0.05) is 10.7 Å². The van der Waals surface area contributed by atoms with Crippen LogP contribution in [0.25, 0.3) is 5.57 Å². The molecule has 1 heterocycles. The summed E-state index contributed by atoms with van der Waals surface area (Å²) in [6, 6.07) is 1.95. The fraction of sp³-hybridized carbons (Fsp3) is 0.462. The molecular weight excluding hydrogens is 222 g/mol. The van der Waals surface area contributed by atoms with Crippen LogP contribution in [0.15, 0.2) is 12.1 Å². The standard InChI is InChI=1S/C13H14ClNO/c14-11-7-13(8-4-5-9(16)6-8)15-12-3-1-2-10(11)12/h6-7,9,16H,1-5H2. The molecule has 1 atom stereocenters. The Morgan fingerprint density at radius 3 is 2.94 bits per heavy atom. The molecule has 0 amide bonds. The molecule has 1 aromatic heterocycles. The van der Waals surface area contributed by atoms with Crippen LogP contribution in [0.5, 0.6) is 0 Å². The second kappa shape index (κ2) is 3.86. The molecule has 3 rings (SSSR count). The van der Waals surface area contributed by atoms with Gasteiger partial charge in [-0.2, -0.15) is 0 Å². The molecule has 0 bridgehead atoms. The predicted molar refractivity (Wildman–Crippen MR) is 64.5 cm³/mol. The van der Waals surface area contributed by atoms with E-state index in [2.05, 4.69) is 4.98 Å². The first-order valence-corrected chi connectivity index (χ1v) is 6.19. The van der Waals surface area contributed by atoms with Crippen molar-refractivity contribution < 1.29 is 5.11 Å². The molecule has 2 aliphatic rings. The first-order valence-electron chi connectivity index (χ1n) is 5.81. The maximum absolute atomic E-state index is 9.49. The zero-order valence-electron chi connectivity index (χ0n) is 9.04. The van der Waals surface area contributed by atoms with Gasteiger partial charge in [-0.15, -0.1) is 0 Å². The van der Waals surface area contributed by atoms with Crippen molar-refractivity contribution in [2.45, 2.75) is 38.2 Å². The number of aliphatic hydroxyl groups is 1. The molecule has 0 spiro atoms. The molecule has 1 N–H and O–H groups in total. The minimum absolute atomic E-state index is 0.302. The number of aromatic nitrogens is 1. The van der Waals surface area contributed by atoms with Gasteiger partial charge in [0.1, 0.15) is 0 Å². The van der Waals surface area contributed by atoms with Crippen LogP contribution < -0.4 is 0 Å². The minimum atomic E-state index is -0.302. The average Bonchev–Trinajstić information content (AvgIpc) is 2.85. The summed E-state index contributed by atoms with van der Waals surface area (Å²) in [5.41, 5.74) is 4.49. The monoisotopic (exact) mass is 235 g/mol. The lowest BCUT2D eigenvalue weighted by Crippen LogP contribution is -1.95. The van der Waals surface area contributed by atoms with Crippen molar-refractivity contribution in [1.29, 1.82) is 0 Å². The van der Waals surface area contributed by atoms with E-state index in [9.17, 15) is 5.11 Å². The summed E-state index contributed by atoms with van der Waals surface area (Å²) in [5, 5.41) is 10.3. The van der Waals surface area contributed by atoms with Gasteiger partial charge >= 0.3 is 0 Å². The number of rotatable bonds is 1. The van der Waals surface area contributed by atoms with Gasteiger partial charge in [0.2, 0.25) is 0 Å². The van der Waals surface area contributed by atoms with Crippen LogP contribution in [-0.2, 0) is 12.8 Å². The Labute approximate surface area is 100.0 Å². The molecule has 0 radical (unpaired) electrons. The molecule has 3 heteroatoms. The van der Waals surface area contributed by atoms with E-state index in [1.165, 1.54) is 5.56 Å². The number of aryl methyl sites for hydroxylation is 1. The summed E-state index contributed by atoms with van der Waals surface area (Å²) in [7, 11) is 0. The maximum Gasteiger partial charge on any atom is 0.0730 e. The smallest absolute Gasteiger partial charge is 0.0730 e. The third-order valence-corrected chi connectivity index (χ3v) is 3.77. The fourth-order valence-corrected chi connectivity index (χ4v) is 2.88. The van der Waals surface area contributed by atoms with Crippen LogP contribution in [0, 0.1) is 0 Å². The molecule has 2 nitrogen and oxygen atoms in total. The van der Waals surface area contributed by atoms with E-state index in [4.69, 9.17) is 11.6 Å². The van der Waals surface area contributed by atoms with Gasteiger partial charge in [0.25, 0.3) is 0 Å². The highest BCUT2D eigenvalue weighted by Gasteiger charge is 2.20. The average molecular weight is 236 g/mol. The Balaban J connectivity index is 2.03. The van der Waals surface area contributed by atoms with Crippen LogP contribution in [0.2, 0.25) is 5.02 Å². The summed E-state index contributed by atoms with van der Waals surface area (Å²) < 4.78 is 0. The second-order valence-electron chi connectivity index (χ2n) is 4.57. The molecular formula is C13H14ClNO. The summed E-state index contributed by atoms with van der Waals surface area (Å²) in [6.45, 7) is 0. The Kier molecular flexibility index (Phi) is 2.49. The van der Waals surface area contributed by atoms with Gasteiger partial charge in [-0.05, 0) is 49.3 Å². The highest BCUT2D eigenvalue weighted by molar-refractivity contribution is 6.31. The zero-order valence-corrected chi connectivity index (χ0v) is 9.80. The quantitative estimate of drug-likeness (QED) is 0.812. The van der Waals surface area contributed by atoms with Crippen molar-refractivity contribution in [2.75, 3.05) is 0 Å². The third-order valence-electron chi connectivity index (χ3n) is 3.43. The van der Waals surface area contributed by atoms with E-state index in [-0.39, 0.29) is 6.10 Å². The molecule has 0 fully saturated rings. The van der Waals surface area contributed by atoms with Crippen LogP contribution >= 0.6 is 11.6 Å². The highest BCUT2D eigenvalue weighted by Crippen LogP contribution is 2.33. The second-order valence-corrected chi connectivity index (χ2v) is 4.97. The lowest BCUT2D eigenvalue weighted by Gasteiger charge is -2.07. The van der Waals surface area contributed by atoms with Crippen LogP contribution in [0.4, 0.5) is 0 Å². The van der Waals surface area contributed by atoms with Crippen molar-refractivity contribution in [1.82, 2.24) is 4.98 Å². The number of hydrogen-bond donors (Lipinski definition) is 1. The molecule has 0 saturated carbocycles. The largest absolute Gasteiger partial charge is 0.389 e. The van der Waals surface area contributed by atoms with E-state index in [0.717, 1.165) is 54.1 Å². The van der Waals surface area contributed by atoms with Gasteiger partial charge in [0.15, 0.2) is 0 Å². The predicted octanol–water partition coefficient (Wildman–Crippen LogP) is 2.76. The first kappa shape index (κ1) is 10.3. The summed E-state index contributed by atoms with van der Waals surface area (Å²) >= 11 is 6.26.